The first-order chi connectivity index (χ1) is 16.9. The Labute approximate surface area is 207 Å². The van der Waals surface area contributed by atoms with E-state index in [-0.39, 0.29) is 23.1 Å². The molecule has 9 heteroatoms. The molecule has 1 aromatic carbocycles. The first-order valence-electron chi connectivity index (χ1n) is 12.3. The lowest BCUT2D eigenvalue weighted by atomic mass is 9.60. The van der Waals surface area contributed by atoms with E-state index in [0.717, 1.165) is 38.5 Å². The summed E-state index contributed by atoms with van der Waals surface area (Å²) in [7, 11) is 0. The summed E-state index contributed by atoms with van der Waals surface area (Å²) in [5.41, 5.74) is 1.73. The third kappa shape index (κ3) is 4.14. The van der Waals surface area contributed by atoms with Crippen LogP contribution in [-0.2, 0) is 0 Å². The van der Waals surface area contributed by atoms with Gasteiger partial charge in [-0.15, -0.1) is 21.5 Å². The Hall–Kier alpha value is -3.12. The van der Waals surface area contributed by atoms with Crippen molar-refractivity contribution in [2.24, 2.45) is 11.3 Å². The van der Waals surface area contributed by atoms with Crippen LogP contribution < -0.4 is 4.90 Å². The van der Waals surface area contributed by atoms with Crippen molar-refractivity contribution in [2.75, 3.05) is 4.90 Å². The normalized spacial score (nSPS) is 27.9. The molecule has 0 saturated heterocycles. The highest BCUT2D eigenvalue weighted by molar-refractivity contribution is 7.13. The van der Waals surface area contributed by atoms with E-state index in [0.29, 0.717) is 39.5 Å². The second-order valence-corrected chi connectivity index (χ2v) is 11.4. The molecule has 2 bridgehead atoms. The topological polar surface area (TPSA) is 98.8 Å². The summed E-state index contributed by atoms with van der Waals surface area (Å²) in [6, 6.07) is 7.28. The number of nitrogens with zero attached hydrogens (tertiary/aromatic N) is 6. The van der Waals surface area contributed by atoms with Crippen LogP contribution in [-0.4, -0.2) is 43.5 Å². The predicted molar refractivity (Wildman–Crippen MR) is 132 cm³/mol. The molecule has 0 unspecified atom stereocenters. The van der Waals surface area contributed by atoms with E-state index in [1.54, 1.807) is 23.7 Å². The van der Waals surface area contributed by atoms with Crippen molar-refractivity contribution in [3.8, 4) is 33.8 Å². The maximum absolute atomic E-state index is 15.6. The second-order valence-electron chi connectivity index (χ2n) is 10.5. The molecule has 2 aromatic heterocycles. The smallest absolute Gasteiger partial charge is 0.185 e. The van der Waals surface area contributed by atoms with Gasteiger partial charge in [-0.05, 0) is 62.0 Å². The van der Waals surface area contributed by atoms with Crippen LogP contribution in [0.4, 0.5) is 10.2 Å². The number of fused-ring (bicyclic) bond motifs is 2. The number of benzene rings is 1. The number of halogens is 1. The lowest BCUT2D eigenvalue weighted by molar-refractivity contribution is 0.00942. The Morgan fingerprint density at radius 2 is 2.09 bits per heavy atom. The maximum atomic E-state index is 15.6. The van der Waals surface area contributed by atoms with E-state index in [1.807, 2.05) is 12.1 Å². The average Bonchev–Trinajstić information content (AvgIpc) is 3.57. The molecule has 3 aliphatic rings. The Morgan fingerprint density at radius 1 is 1.23 bits per heavy atom. The van der Waals surface area contributed by atoms with Gasteiger partial charge in [0.25, 0.3) is 0 Å². The van der Waals surface area contributed by atoms with Crippen LogP contribution in [0.5, 0.6) is 5.75 Å². The van der Waals surface area contributed by atoms with Crippen LogP contribution in [0, 0.1) is 22.7 Å². The van der Waals surface area contributed by atoms with Crippen LogP contribution in [0.25, 0.3) is 22.0 Å². The number of alkyl halides is 1. The molecule has 0 radical (unpaired) electrons. The number of hydrogen-bond acceptors (Lipinski definition) is 8. The highest BCUT2D eigenvalue weighted by atomic mass is 32.1. The zero-order valence-corrected chi connectivity index (χ0v) is 20.4. The quantitative estimate of drug-likeness (QED) is 0.503. The Bertz CT molecular complexity index is 1290. The van der Waals surface area contributed by atoms with Gasteiger partial charge in [-0.25, -0.2) is 14.4 Å². The Kier molecular flexibility index (Phi) is 5.44. The van der Waals surface area contributed by atoms with Gasteiger partial charge in [0.15, 0.2) is 17.3 Å². The van der Waals surface area contributed by atoms with Crippen LogP contribution in [0.2, 0.25) is 0 Å². The molecule has 3 saturated carbocycles. The van der Waals surface area contributed by atoms with Gasteiger partial charge in [0.2, 0.25) is 0 Å². The summed E-state index contributed by atoms with van der Waals surface area (Å²) in [5, 5.41) is 30.8. The number of phenols is 1. The molecular weight excluding hydrogens is 463 g/mol. The summed E-state index contributed by atoms with van der Waals surface area (Å²) < 4.78 is 15.6. The van der Waals surface area contributed by atoms with Gasteiger partial charge in [-0.2, -0.15) is 5.26 Å². The number of anilines is 1. The first-order valence-corrected chi connectivity index (χ1v) is 13.1. The second kappa shape index (κ2) is 8.52. The van der Waals surface area contributed by atoms with Gasteiger partial charge < -0.3 is 10.0 Å². The number of rotatable bonds is 5. The van der Waals surface area contributed by atoms with E-state index in [2.05, 4.69) is 32.0 Å². The van der Waals surface area contributed by atoms with Crippen molar-refractivity contribution in [1.29, 1.82) is 5.26 Å². The fourth-order valence-corrected chi connectivity index (χ4v) is 6.81. The van der Waals surface area contributed by atoms with Crippen molar-refractivity contribution in [3.63, 3.8) is 0 Å². The van der Waals surface area contributed by atoms with Gasteiger partial charge in [0.05, 0.1) is 17.8 Å². The molecule has 3 aromatic rings. The molecule has 2 heterocycles. The summed E-state index contributed by atoms with van der Waals surface area (Å²) in [4.78, 5) is 10.9. The van der Waals surface area contributed by atoms with E-state index in [4.69, 9.17) is 5.26 Å². The van der Waals surface area contributed by atoms with E-state index >= 15 is 4.39 Å². The fraction of sp³-hybridized carbons (Fsp3) is 0.500. The molecule has 7 nitrogen and oxygen atoms in total. The Balaban J connectivity index is 1.26. The number of thiazole rings is 1. The molecule has 0 spiro atoms. The minimum atomic E-state index is -0.852. The SMILES string of the molecule is C[C@]12CCC[C@H](C1)[C@H](F)[C@H](N(c1cnc(-c3ccc(-c4nc(C#N)cs4)cc3O)nn1)C1CC1)C2. The number of hydrogen-bond donors (Lipinski definition) is 1. The lowest BCUT2D eigenvalue weighted by Gasteiger charge is -2.51. The van der Waals surface area contributed by atoms with Crippen LogP contribution >= 0.6 is 11.3 Å². The highest BCUT2D eigenvalue weighted by Gasteiger charge is 2.50. The average molecular weight is 491 g/mol. The molecule has 3 fully saturated rings. The molecule has 1 N–H and O–H groups in total. The lowest BCUT2D eigenvalue weighted by Crippen LogP contribution is -2.54. The molecule has 0 aliphatic heterocycles. The van der Waals surface area contributed by atoms with Crippen LogP contribution in [0.15, 0.2) is 29.8 Å². The first kappa shape index (κ1) is 22.4. The van der Waals surface area contributed by atoms with Crippen molar-refractivity contribution >= 4 is 17.2 Å². The van der Waals surface area contributed by atoms with Crippen molar-refractivity contribution in [3.05, 3.63) is 35.5 Å². The summed E-state index contributed by atoms with van der Waals surface area (Å²) in [6.45, 7) is 2.31. The third-order valence-electron chi connectivity index (χ3n) is 7.85. The molecule has 6 rings (SSSR count). The van der Waals surface area contributed by atoms with E-state index < -0.39 is 6.17 Å². The zero-order chi connectivity index (χ0) is 24.2. The van der Waals surface area contributed by atoms with Gasteiger partial charge in [0.1, 0.15) is 23.0 Å². The fourth-order valence-electron chi connectivity index (χ4n) is 6.07. The van der Waals surface area contributed by atoms with Crippen LogP contribution in [0.3, 0.4) is 0 Å². The van der Waals surface area contributed by atoms with Gasteiger partial charge >= 0.3 is 0 Å². The van der Waals surface area contributed by atoms with Crippen LogP contribution in [0.1, 0.15) is 57.6 Å². The van der Waals surface area contributed by atoms with Gasteiger partial charge in [0, 0.05) is 17.0 Å². The number of aromatic nitrogens is 4. The standard InChI is InChI=1S/C26H27FN6OS/c1-26-8-2-3-16(10-26)23(27)20(11-26)33(18-5-6-18)22-13-29-24(32-31-22)19-7-4-15(9-21(19)34)25-30-17(12-28)14-35-25/h4,7,9,13-14,16,18,20,23,34H,2-3,5-6,8,10-11H2,1H3/t16-,20-,23+,26+/m1/s1. The zero-order valence-electron chi connectivity index (χ0n) is 19.6. The molecule has 0 amide bonds. The molecule has 35 heavy (non-hydrogen) atoms. The number of phenolic OH excluding ortho intramolecular Hbond substituents is 1. The van der Waals surface area contributed by atoms with E-state index in [9.17, 15) is 5.11 Å². The summed E-state index contributed by atoms with van der Waals surface area (Å²) >= 11 is 1.35. The molecule has 4 atom stereocenters. The Morgan fingerprint density at radius 3 is 2.77 bits per heavy atom. The minimum absolute atomic E-state index is 0.0154. The van der Waals surface area contributed by atoms with Gasteiger partial charge in [-0.3, -0.25) is 0 Å². The van der Waals surface area contributed by atoms with Crippen molar-refractivity contribution in [2.45, 2.75) is 70.1 Å². The van der Waals surface area contributed by atoms with Gasteiger partial charge in [-0.1, -0.05) is 19.4 Å². The highest BCUT2D eigenvalue weighted by Crippen LogP contribution is 2.52. The summed E-state index contributed by atoms with van der Waals surface area (Å²) in [5.74, 6) is 1.08. The number of nitriles is 1. The maximum Gasteiger partial charge on any atom is 0.185 e. The third-order valence-corrected chi connectivity index (χ3v) is 8.74. The summed E-state index contributed by atoms with van der Waals surface area (Å²) in [6.07, 6.45) is 8.00. The monoisotopic (exact) mass is 490 g/mol. The van der Waals surface area contributed by atoms with E-state index in [1.165, 1.54) is 17.8 Å². The molecular formula is C26H27FN6OS. The van der Waals surface area contributed by atoms with Crippen molar-refractivity contribution < 1.29 is 9.50 Å². The predicted octanol–water partition coefficient (Wildman–Crippen LogP) is 5.52. The largest absolute Gasteiger partial charge is 0.507 e. The minimum Gasteiger partial charge on any atom is -0.507 e. The van der Waals surface area contributed by atoms with Crippen molar-refractivity contribution in [1.82, 2.24) is 20.2 Å². The number of aromatic hydroxyl groups is 1. The molecule has 3 aliphatic carbocycles. The molecule has 180 valence electrons.